The Bertz CT molecular complexity index is 2130. The maximum atomic E-state index is 13.7. The minimum absolute atomic E-state index is 0.00201. The molecule has 0 bridgehead atoms. The summed E-state index contributed by atoms with van der Waals surface area (Å²) in [6, 6.07) is 25.3. The second-order valence-electron chi connectivity index (χ2n) is 11.3. The van der Waals surface area contributed by atoms with Crippen LogP contribution in [0.4, 0.5) is 11.4 Å². The van der Waals surface area contributed by atoms with E-state index in [-0.39, 0.29) is 27.8 Å². The van der Waals surface area contributed by atoms with Crippen molar-refractivity contribution in [2.75, 3.05) is 58.7 Å². The van der Waals surface area contributed by atoms with Gasteiger partial charge in [-0.05, 0) is 42.0 Å². The van der Waals surface area contributed by atoms with Crippen LogP contribution in [0, 0.1) is 0 Å². The molecule has 0 fully saturated rings. The highest BCUT2D eigenvalue weighted by Gasteiger charge is 2.27. The lowest BCUT2D eigenvalue weighted by Gasteiger charge is -2.23. The number of ether oxygens (including phenoxy) is 1. The maximum absolute atomic E-state index is 13.7. The summed E-state index contributed by atoms with van der Waals surface area (Å²) in [5.41, 5.74) is 2.06. The Kier molecular flexibility index (Phi) is 9.19. The Morgan fingerprint density at radius 2 is 1.15 bits per heavy atom. The van der Waals surface area contributed by atoms with Gasteiger partial charge in [0.1, 0.15) is 4.90 Å². The molecule has 1 atom stereocenters. The molecule has 0 aromatic heterocycles. The number of methoxy groups -OCH3 is 1. The minimum atomic E-state index is -4.30. The van der Waals surface area contributed by atoms with Gasteiger partial charge in [0.25, 0.3) is 0 Å². The summed E-state index contributed by atoms with van der Waals surface area (Å²) >= 11 is 0. The standard InChI is InChI=1S/C34H37N3O7S2/c1-35(2)28-15-7-13-26-24(28)11-9-17-33(26)45(39,40)37(5)22-30(38)23-19-20-31(32(21-23)43-6)44-46(41,42)34-18-10-12-25-27(34)14-8-16-29(25)36(3)4/h7-21,30,38H,22H2,1-6H3. The molecule has 46 heavy (non-hydrogen) atoms. The normalized spacial score (nSPS) is 12.8. The van der Waals surface area contributed by atoms with Crippen LogP contribution in [0.1, 0.15) is 11.7 Å². The van der Waals surface area contributed by atoms with Gasteiger partial charge in [-0.2, -0.15) is 12.7 Å². The van der Waals surface area contributed by atoms with Crippen LogP contribution >= 0.6 is 0 Å². The van der Waals surface area contributed by atoms with Gasteiger partial charge in [0.2, 0.25) is 10.0 Å². The second kappa shape index (κ2) is 12.8. The molecule has 1 N–H and O–H groups in total. The third-order valence-corrected chi connectivity index (χ3v) is 11.0. The number of nitrogens with zero attached hydrogens (tertiary/aromatic N) is 3. The number of hydrogen-bond acceptors (Lipinski definition) is 9. The fraction of sp³-hybridized carbons (Fsp3) is 0.235. The van der Waals surface area contributed by atoms with Crippen LogP contribution in [0.3, 0.4) is 0 Å². The largest absolute Gasteiger partial charge is 0.493 e. The first kappa shape index (κ1) is 33.0. The van der Waals surface area contributed by atoms with Crippen molar-refractivity contribution in [3.8, 4) is 11.5 Å². The van der Waals surface area contributed by atoms with Crippen LogP contribution < -0.4 is 18.7 Å². The Morgan fingerprint density at radius 1 is 0.652 bits per heavy atom. The number of fused-ring (bicyclic) bond motifs is 2. The van der Waals surface area contributed by atoms with Crippen molar-refractivity contribution in [3.63, 3.8) is 0 Å². The second-order valence-corrected chi connectivity index (χ2v) is 14.8. The first-order valence-electron chi connectivity index (χ1n) is 14.4. The number of likely N-dealkylation sites (N-methyl/N-ethyl adjacent to an activating group) is 1. The van der Waals surface area contributed by atoms with Gasteiger partial charge in [-0.1, -0.05) is 54.6 Å². The molecule has 0 spiro atoms. The molecule has 0 heterocycles. The molecule has 5 aromatic rings. The molecule has 0 aliphatic carbocycles. The number of aliphatic hydroxyl groups is 1. The maximum Gasteiger partial charge on any atom is 0.339 e. The van der Waals surface area contributed by atoms with Crippen LogP contribution in [0.25, 0.3) is 21.5 Å². The van der Waals surface area contributed by atoms with E-state index in [1.165, 1.54) is 38.4 Å². The predicted molar refractivity (Wildman–Crippen MR) is 182 cm³/mol. The molecule has 242 valence electrons. The number of hydrogen-bond donors (Lipinski definition) is 1. The van der Waals surface area contributed by atoms with Gasteiger partial charge < -0.3 is 23.8 Å². The average Bonchev–Trinajstić information content (AvgIpc) is 3.03. The molecule has 0 saturated heterocycles. The highest BCUT2D eigenvalue weighted by atomic mass is 32.2. The highest BCUT2D eigenvalue weighted by molar-refractivity contribution is 7.89. The molecule has 5 rings (SSSR count). The van der Waals surface area contributed by atoms with Crippen molar-refractivity contribution in [3.05, 3.63) is 96.6 Å². The summed E-state index contributed by atoms with van der Waals surface area (Å²) in [6.45, 7) is -0.266. The van der Waals surface area contributed by atoms with Gasteiger partial charge in [0.15, 0.2) is 11.5 Å². The van der Waals surface area contributed by atoms with E-state index in [1.807, 2.05) is 68.3 Å². The zero-order chi connectivity index (χ0) is 33.4. The SMILES string of the molecule is COc1cc(C(O)CN(C)S(=O)(=O)c2cccc3c(N(C)C)cccc23)ccc1OS(=O)(=O)c1cccc2c(N(C)C)cccc12. The first-order valence-corrected chi connectivity index (χ1v) is 17.3. The van der Waals surface area contributed by atoms with Crippen molar-refractivity contribution in [1.29, 1.82) is 0 Å². The molecular weight excluding hydrogens is 627 g/mol. The molecular formula is C34H37N3O7S2. The Labute approximate surface area is 270 Å². The van der Waals surface area contributed by atoms with E-state index in [4.69, 9.17) is 8.92 Å². The van der Waals surface area contributed by atoms with Crippen LogP contribution in [0.15, 0.2) is 101 Å². The van der Waals surface area contributed by atoms with Crippen molar-refractivity contribution >= 4 is 53.1 Å². The van der Waals surface area contributed by atoms with E-state index in [0.717, 1.165) is 26.5 Å². The summed E-state index contributed by atoms with van der Waals surface area (Å²) in [5, 5.41) is 13.7. The molecule has 0 radical (unpaired) electrons. The summed E-state index contributed by atoms with van der Waals surface area (Å²) in [6.07, 6.45) is -1.26. The highest BCUT2D eigenvalue weighted by Crippen LogP contribution is 2.36. The van der Waals surface area contributed by atoms with E-state index in [1.54, 1.807) is 36.4 Å². The van der Waals surface area contributed by atoms with Gasteiger partial charge in [0.05, 0.1) is 18.1 Å². The van der Waals surface area contributed by atoms with E-state index >= 15 is 0 Å². The number of benzene rings is 5. The number of sulfonamides is 1. The number of aliphatic hydroxyl groups excluding tert-OH is 1. The molecule has 0 amide bonds. The molecule has 10 nitrogen and oxygen atoms in total. The zero-order valence-corrected chi connectivity index (χ0v) is 28.1. The van der Waals surface area contributed by atoms with Crippen molar-refractivity contribution in [2.45, 2.75) is 15.9 Å². The lowest BCUT2D eigenvalue weighted by molar-refractivity contribution is 0.154. The van der Waals surface area contributed by atoms with Crippen molar-refractivity contribution in [1.82, 2.24) is 4.31 Å². The molecule has 1 unspecified atom stereocenters. The van der Waals surface area contributed by atoms with Gasteiger partial charge in [-0.3, -0.25) is 0 Å². The van der Waals surface area contributed by atoms with E-state index < -0.39 is 26.2 Å². The Hall–Kier alpha value is -4.36. The van der Waals surface area contributed by atoms with E-state index in [9.17, 15) is 21.9 Å². The van der Waals surface area contributed by atoms with Crippen LogP contribution in [0.2, 0.25) is 0 Å². The van der Waals surface area contributed by atoms with Crippen molar-refractivity contribution < 1.29 is 30.9 Å². The topological polar surface area (TPSA) is 117 Å². The Balaban J connectivity index is 1.40. The van der Waals surface area contributed by atoms with Crippen LogP contribution in [0.5, 0.6) is 11.5 Å². The lowest BCUT2D eigenvalue weighted by atomic mass is 10.1. The summed E-state index contributed by atoms with van der Waals surface area (Å²) in [7, 11) is 2.00. The zero-order valence-electron chi connectivity index (χ0n) is 26.5. The van der Waals surface area contributed by atoms with E-state index in [2.05, 4.69) is 0 Å². The monoisotopic (exact) mass is 663 g/mol. The first-order chi connectivity index (χ1) is 21.8. The van der Waals surface area contributed by atoms with Gasteiger partial charge >= 0.3 is 10.1 Å². The minimum Gasteiger partial charge on any atom is -0.493 e. The molecule has 0 aliphatic heterocycles. The van der Waals surface area contributed by atoms with Crippen LogP contribution in [-0.2, 0) is 20.1 Å². The third-order valence-electron chi connectivity index (χ3n) is 7.84. The smallest absolute Gasteiger partial charge is 0.339 e. The molecule has 5 aromatic carbocycles. The third kappa shape index (κ3) is 6.21. The van der Waals surface area contributed by atoms with Gasteiger partial charge in [-0.25, -0.2) is 8.42 Å². The molecule has 0 aliphatic rings. The fourth-order valence-electron chi connectivity index (χ4n) is 5.49. The summed E-state index contributed by atoms with van der Waals surface area (Å²) in [4.78, 5) is 3.94. The van der Waals surface area contributed by atoms with Crippen LogP contribution in [-0.4, -0.2) is 75.1 Å². The molecule has 12 heteroatoms. The average molecular weight is 664 g/mol. The van der Waals surface area contributed by atoms with Gasteiger partial charge in [-0.15, -0.1) is 0 Å². The van der Waals surface area contributed by atoms with E-state index in [0.29, 0.717) is 16.3 Å². The fourth-order valence-corrected chi connectivity index (χ4v) is 8.03. The number of anilines is 2. The van der Waals surface area contributed by atoms with Gasteiger partial charge in [0, 0.05) is 74.7 Å². The lowest BCUT2D eigenvalue weighted by Crippen LogP contribution is -2.31. The summed E-state index contributed by atoms with van der Waals surface area (Å²) in [5.74, 6) is -0.0160. The predicted octanol–water partition coefficient (Wildman–Crippen LogP) is 5.26. The number of rotatable bonds is 11. The van der Waals surface area contributed by atoms with Crippen molar-refractivity contribution in [2.24, 2.45) is 0 Å². The molecule has 0 saturated carbocycles. The summed E-state index contributed by atoms with van der Waals surface area (Å²) < 4.78 is 66.5. The Morgan fingerprint density at radius 3 is 1.70 bits per heavy atom. The quantitative estimate of drug-likeness (QED) is 0.189.